The average Bonchev–Trinajstić information content (AvgIpc) is 3.27. The van der Waals surface area contributed by atoms with Crippen molar-refractivity contribution in [2.24, 2.45) is 0 Å². The quantitative estimate of drug-likeness (QED) is 0.317. The van der Waals surface area contributed by atoms with Gasteiger partial charge in [-0.1, -0.05) is 58.4 Å². The molecule has 4 rings (SSSR count). The minimum absolute atomic E-state index is 0.0789. The van der Waals surface area contributed by atoms with E-state index in [0.29, 0.717) is 34.0 Å². The van der Waals surface area contributed by atoms with Crippen LogP contribution < -0.4 is 0 Å². The lowest BCUT2D eigenvalue weighted by atomic mass is 9.76. The molecule has 0 atom stereocenters. The lowest BCUT2D eigenvalue weighted by Crippen LogP contribution is -2.22. The molecule has 4 aromatic rings. The van der Waals surface area contributed by atoms with Crippen molar-refractivity contribution in [1.82, 2.24) is 20.4 Å². The Kier molecular flexibility index (Phi) is 5.08. The molecule has 0 aliphatic rings. The maximum atomic E-state index is 14.3. The summed E-state index contributed by atoms with van der Waals surface area (Å²) in [5.74, 6) is -0.489. The molecule has 0 fully saturated rings. The summed E-state index contributed by atoms with van der Waals surface area (Å²) in [6.45, 7) is 9.42. The van der Waals surface area contributed by atoms with E-state index >= 15 is 0 Å². The molecule has 4 nitrogen and oxygen atoms in total. The molecule has 0 amide bonds. The van der Waals surface area contributed by atoms with Gasteiger partial charge in [-0.05, 0) is 34.4 Å². The highest BCUT2D eigenvalue weighted by Crippen LogP contribution is 2.43. The number of rotatable bonds is 3. The Morgan fingerprint density at radius 1 is 1.03 bits per heavy atom. The Balaban J connectivity index is 1.91. The molecule has 0 saturated heterocycles. The molecule has 2 N–H and O–H groups in total. The van der Waals surface area contributed by atoms with Gasteiger partial charge in [0.2, 0.25) is 0 Å². The fourth-order valence-corrected chi connectivity index (χ4v) is 4.87. The Bertz CT molecular complexity index is 1330. The normalized spacial score (nSPS) is 13.4. The average molecular weight is 467 g/mol. The van der Waals surface area contributed by atoms with E-state index in [4.69, 9.17) is 11.6 Å². The first-order valence-corrected chi connectivity index (χ1v) is 10.5. The van der Waals surface area contributed by atoms with Crippen LogP contribution in [0.2, 0.25) is 5.02 Å². The summed E-state index contributed by atoms with van der Waals surface area (Å²) >= 11 is 6.43. The van der Waals surface area contributed by atoms with Gasteiger partial charge in [-0.3, -0.25) is 10.2 Å². The van der Waals surface area contributed by atoms with Crippen molar-refractivity contribution in [1.29, 1.82) is 0 Å². The molecule has 0 aliphatic heterocycles. The maximum absolute atomic E-state index is 14.3. The summed E-state index contributed by atoms with van der Waals surface area (Å²) in [4.78, 5) is 0. The van der Waals surface area contributed by atoms with Gasteiger partial charge in [0.25, 0.3) is 0 Å². The zero-order chi connectivity index (χ0) is 23.6. The number of alkyl halides is 3. The monoisotopic (exact) mass is 466 g/mol. The standard InChI is InChI=1S/C23H23ClF4N4/c1-21(2,3)13-7-6-11(18-16(13)20(32-31-18)23(26,27)28)9-22(4,5)17-14(24)8-15(25)12-10-29-30-19(12)17/h6-8,10H,9H2,1-5H3,(H,29,30)(H,31,32). The molecule has 0 radical (unpaired) electrons. The van der Waals surface area contributed by atoms with Crippen LogP contribution in [0.4, 0.5) is 17.6 Å². The van der Waals surface area contributed by atoms with Crippen LogP contribution in [0.3, 0.4) is 0 Å². The van der Waals surface area contributed by atoms with Crippen LogP contribution in [-0.4, -0.2) is 20.4 Å². The number of halogens is 5. The first-order chi connectivity index (χ1) is 14.7. The number of nitrogens with one attached hydrogen (secondary N) is 2. The van der Waals surface area contributed by atoms with Gasteiger partial charge in [-0.15, -0.1) is 0 Å². The van der Waals surface area contributed by atoms with E-state index in [1.54, 1.807) is 6.07 Å². The van der Waals surface area contributed by atoms with Crippen molar-refractivity contribution in [3.8, 4) is 0 Å². The Labute approximate surface area is 187 Å². The van der Waals surface area contributed by atoms with Crippen LogP contribution in [0.25, 0.3) is 21.8 Å². The van der Waals surface area contributed by atoms with Crippen molar-refractivity contribution in [2.45, 2.75) is 58.0 Å². The predicted molar refractivity (Wildman–Crippen MR) is 118 cm³/mol. The van der Waals surface area contributed by atoms with Crippen molar-refractivity contribution < 1.29 is 17.6 Å². The van der Waals surface area contributed by atoms with Crippen LogP contribution in [0.15, 0.2) is 24.4 Å². The van der Waals surface area contributed by atoms with Gasteiger partial charge >= 0.3 is 6.18 Å². The molecule has 9 heteroatoms. The fraction of sp³-hybridized carbons (Fsp3) is 0.391. The van der Waals surface area contributed by atoms with Gasteiger partial charge < -0.3 is 0 Å². The molecule has 0 spiro atoms. The van der Waals surface area contributed by atoms with Gasteiger partial charge in [-0.2, -0.15) is 23.4 Å². The van der Waals surface area contributed by atoms with E-state index in [2.05, 4.69) is 20.4 Å². The zero-order valence-corrected chi connectivity index (χ0v) is 19.1. The highest BCUT2D eigenvalue weighted by atomic mass is 35.5. The van der Waals surface area contributed by atoms with Crippen LogP contribution >= 0.6 is 11.6 Å². The minimum Gasteiger partial charge on any atom is -0.277 e. The third-order valence-electron chi connectivity index (χ3n) is 5.83. The topological polar surface area (TPSA) is 57.4 Å². The molecule has 2 aromatic carbocycles. The molecule has 0 aliphatic carbocycles. The van der Waals surface area contributed by atoms with Crippen molar-refractivity contribution >= 4 is 33.4 Å². The van der Waals surface area contributed by atoms with Crippen molar-refractivity contribution in [2.75, 3.05) is 0 Å². The highest BCUT2D eigenvalue weighted by Gasteiger charge is 2.38. The Hall–Kier alpha value is -2.61. The molecule has 2 heterocycles. The van der Waals surface area contributed by atoms with Crippen molar-refractivity contribution in [3.63, 3.8) is 0 Å². The Morgan fingerprint density at radius 3 is 2.34 bits per heavy atom. The summed E-state index contributed by atoms with van der Waals surface area (Å²) in [6.07, 6.45) is -2.85. The Morgan fingerprint density at radius 2 is 1.72 bits per heavy atom. The second kappa shape index (κ2) is 7.20. The SMILES string of the molecule is CC(C)(C)c1ccc(CC(C)(C)c2c(Cl)cc(F)c3cn[nH]c23)c2n[nH]c(C(F)(F)F)c12. The first-order valence-electron chi connectivity index (χ1n) is 10.1. The second-order valence-corrected chi connectivity index (χ2v) is 10.2. The van der Waals surface area contributed by atoms with Gasteiger partial charge in [-0.25, -0.2) is 4.39 Å². The summed E-state index contributed by atoms with van der Waals surface area (Å²) in [7, 11) is 0. The molecular weight excluding hydrogens is 444 g/mol. The number of hydrogen-bond acceptors (Lipinski definition) is 2. The van der Waals surface area contributed by atoms with Crippen LogP contribution in [-0.2, 0) is 23.4 Å². The van der Waals surface area contributed by atoms with Crippen LogP contribution in [0, 0.1) is 5.82 Å². The number of nitrogens with zero attached hydrogens (tertiary/aromatic N) is 2. The lowest BCUT2D eigenvalue weighted by molar-refractivity contribution is -0.140. The largest absolute Gasteiger partial charge is 0.433 e. The molecule has 170 valence electrons. The minimum atomic E-state index is -4.56. The molecule has 2 aromatic heterocycles. The van der Waals surface area contributed by atoms with Gasteiger partial charge in [0.15, 0.2) is 0 Å². The van der Waals surface area contributed by atoms with Crippen LogP contribution in [0.5, 0.6) is 0 Å². The zero-order valence-electron chi connectivity index (χ0n) is 18.3. The van der Waals surface area contributed by atoms with Gasteiger partial charge in [0, 0.05) is 16.0 Å². The second-order valence-electron chi connectivity index (χ2n) is 9.78. The van der Waals surface area contributed by atoms with E-state index in [0.717, 1.165) is 0 Å². The predicted octanol–water partition coefficient (Wildman–Crippen LogP) is 7.07. The molecule has 0 saturated carbocycles. The maximum Gasteiger partial charge on any atom is 0.433 e. The lowest BCUT2D eigenvalue weighted by Gasteiger charge is -2.28. The fourth-order valence-electron chi connectivity index (χ4n) is 4.42. The molecule has 0 bridgehead atoms. The number of H-pyrrole nitrogens is 2. The highest BCUT2D eigenvalue weighted by molar-refractivity contribution is 6.32. The van der Waals surface area contributed by atoms with Gasteiger partial charge in [0.05, 0.1) is 22.6 Å². The van der Waals surface area contributed by atoms with Gasteiger partial charge in [0.1, 0.15) is 11.5 Å². The van der Waals surface area contributed by atoms with Crippen molar-refractivity contribution in [3.05, 3.63) is 57.6 Å². The summed E-state index contributed by atoms with van der Waals surface area (Å²) < 4.78 is 55.5. The number of hydrogen-bond donors (Lipinski definition) is 2. The molecule has 32 heavy (non-hydrogen) atoms. The van der Waals surface area contributed by atoms with Crippen LogP contribution in [0.1, 0.15) is 57.0 Å². The smallest absolute Gasteiger partial charge is 0.277 e. The summed E-state index contributed by atoms with van der Waals surface area (Å²) in [6, 6.07) is 4.79. The number of fused-ring (bicyclic) bond motifs is 2. The van der Waals surface area contributed by atoms with E-state index in [1.165, 1.54) is 12.3 Å². The first kappa shape index (κ1) is 22.6. The number of aromatic amines is 2. The molecule has 0 unspecified atom stereocenters. The number of benzene rings is 2. The third-order valence-corrected chi connectivity index (χ3v) is 6.13. The number of aromatic nitrogens is 4. The van der Waals surface area contributed by atoms with E-state index in [9.17, 15) is 17.6 Å². The van der Waals surface area contributed by atoms with E-state index in [-0.39, 0.29) is 15.9 Å². The van der Waals surface area contributed by atoms with E-state index < -0.39 is 28.5 Å². The summed E-state index contributed by atoms with van der Waals surface area (Å²) in [5, 5.41) is 13.6. The summed E-state index contributed by atoms with van der Waals surface area (Å²) in [5.41, 5.74) is 0.559. The molecular formula is C23H23ClF4N4. The third kappa shape index (κ3) is 3.64. The van der Waals surface area contributed by atoms with E-state index in [1.807, 2.05) is 40.7 Å².